The predicted molar refractivity (Wildman–Crippen MR) is 59.6 cm³/mol. The fraction of sp³-hybridized carbons (Fsp3) is 0.636. The van der Waals surface area contributed by atoms with Crippen LogP contribution in [-0.4, -0.2) is 15.6 Å². The molecule has 0 bridgehead atoms. The van der Waals surface area contributed by atoms with Crippen molar-refractivity contribution in [1.82, 2.24) is 10.2 Å². The second-order valence-electron chi connectivity index (χ2n) is 4.70. The molecule has 1 aromatic rings. The van der Waals surface area contributed by atoms with Crippen LogP contribution in [0.25, 0.3) is 0 Å². The van der Waals surface area contributed by atoms with Crippen LogP contribution in [0, 0.1) is 12.3 Å². The minimum Gasteiger partial charge on any atom is -0.156 e. The third-order valence-electron chi connectivity index (χ3n) is 2.18. The highest BCUT2D eigenvalue weighted by molar-refractivity contribution is 6.21. The summed E-state index contributed by atoms with van der Waals surface area (Å²) < 4.78 is 0. The summed E-state index contributed by atoms with van der Waals surface area (Å²) >= 11 is 6.26. The monoisotopic (exact) mass is 212 g/mol. The summed E-state index contributed by atoms with van der Waals surface area (Å²) in [5, 5.41) is 8.20. The molecule has 0 saturated carbocycles. The fourth-order valence-corrected chi connectivity index (χ4v) is 1.18. The van der Waals surface area contributed by atoms with E-state index in [0.29, 0.717) is 0 Å². The molecule has 0 aliphatic rings. The third-order valence-corrected chi connectivity index (χ3v) is 2.99. The van der Waals surface area contributed by atoms with E-state index < -0.39 is 0 Å². The summed E-state index contributed by atoms with van der Waals surface area (Å²) in [7, 11) is 0. The summed E-state index contributed by atoms with van der Waals surface area (Å²) in [6.07, 6.45) is 0.776. The Bertz CT molecular complexity index is 287. The molecule has 1 heterocycles. The van der Waals surface area contributed by atoms with Gasteiger partial charge in [-0.15, -0.1) is 11.6 Å². The lowest BCUT2D eigenvalue weighted by Crippen LogP contribution is -2.23. The van der Waals surface area contributed by atoms with E-state index in [9.17, 15) is 0 Å². The molecule has 1 atom stereocenters. The smallest absolute Gasteiger partial charge is 0.0646 e. The Kier molecular flexibility index (Phi) is 3.48. The number of alkyl halides is 1. The Hall–Kier alpha value is -0.630. The van der Waals surface area contributed by atoms with Crippen LogP contribution in [-0.2, 0) is 6.42 Å². The molecule has 3 heteroatoms. The molecule has 2 nitrogen and oxygen atoms in total. The first-order valence-electron chi connectivity index (χ1n) is 4.83. The van der Waals surface area contributed by atoms with Crippen molar-refractivity contribution in [3.63, 3.8) is 0 Å². The van der Waals surface area contributed by atoms with Crippen molar-refractivity contribution in [2.45, 2.75) is 39.5 Å². The molecule has 14 heavy (non-hydrogen) atoms. The van der Waals surface area contributed by atoms with E-state index in [1.54, 1.807) is 0 Å². The van der Waals surface area contributed by atoms with E-state index in [4.69, 9.17) is 11.6 Å². The zero-order chi connectivity index (χ0) is 10.8. The zero-order valence-corrected chi connectivity index (χ0v) is 9.97. The van der Waals surface area contributed by atoms with Gasteiger partial charge in [0, 0.05) is 11.8 Å². The highest BCUT2D eigenvalue weighted by Crippen LogP contribution is 2.26. The Morgan fingerprint density at radius 3 is 2.36 bits per heavy atom. The summed E-state index contributed by atoms with van der Waals surface area (Å²) in [4.78, 5) is 0. The van der Waals surface area contributed by atoms with E-state index >= 15 is 0 Å². The number of rotatable bonds is 2. The first-order valence-corrected chi connectivity index (χ1v) is 5.26. The molecule has 1 unspecified atom stereocenters. The average molecular weight is 213 g/mol. The van der Waals surface area contributed by atoms with Crippen molar-refractivity contribution in [2.24, 2.45) is 5.41 Å². The number of hydrogen-bond donors (Lipinski definition) is 0. The van der Waals surface area contributed by atoms with Crippen LogP contribution < -0.4 is 0 Å². The number of nitrogens with zero attached hydrogens (tertiary/aromatic N) is 2. The molecule has 0 N–H and O–H groups in total. The maximum absolute atomic E-state index is 6.26. The molecule has 0 amide bonds. The van der Waals surface area contributed by atoms with Crippen LogP contribution in [0.3, 0.4) is 0 Å². The van der Waals surface area contributed by atoms with Crippen LogP contribution in [0.5, 0.6) is 0 Å². The van der Waals surface area contributed by atoms with Gasteiger partial charge in [-0.1, -0.05) is 20.8 Å². The minimum atomic E-state index is 0.0968. The Labute approximate surface area is 90.7 Å². The molecule has 0 saturated heterocycles. The van der Waals surface area contributed by atoms with E-state index in [1.165, 1.54) is 0 Å². The maximum Gasteiger partial charge on any atom is 0.0646 e. The first kappa shape index (κ1) is 11.4. The zero-order valence-electron chi connectivity index (χ0n) is 9.21. The molecule has 0 fully saturated rings. The van der Waals surface area contributed by atoms with Gasteiger partial charge in [-0.05, 0) is 24.5 Å². The van der Waals surface area contributed by atoms with E-state index in [2.05, 4.69) is 31.0 Å². The molecule has 78 valence electrons. The van der Waals surface area contributed by atoms with Crippen LogP contribution in [0.2, 0.25) is 0 Å². The van der Waals surface area contributed by atoms with Crippen LogP contribution in [0.1, 0.15) is 32.2 Å². The van der Waals surface area contributed by atoms with Gasteiger partial charge in [0.05, 0.1) is 11.4 Å². The predicted octanol–water partition coefficient (Wildman–Crippen LogP) is 2.98. The minimum absolute atomic E-state index is 0.0968. The first-order chi connectivity index (χ1) is 6.39. The molecule has 1 aromatic heterocycles. The van der Waals surface area contributed by atoms with Gasteiger partial charge >= 0.3 is 0 Å². The van der Waals surface area contributed by atoms with Gasteiger partial charge in [0.25, 0.3) is 0 Å². The third kappa shape index (κ3) is 3.26. The van der Waals surface area contributed by atoms with Gasteiger partial charge in [0.1, 0.15) is 0 Å². The second-order valence-corrected chi connectivity index (χ2v) is 5.23. The molecular weight excluding hydrogens is 196 g/mol. The lowest BCUT2D eigenvalue weighted by atomic mass is 9.89. The molecule has 0 aromatic carbocycles. The van der Waals surface area contributed by atoms with Gasteiger partial charge < -0.3 is 0 Å². The fourth-order valence-electron chi connectivity index (χ4n) is 1.03. The van der Waals surface area contributed by atoms with Gasteiger partial charge in [0.2, 0.25) is 0 Å². The van der Waals surface area contributed by atoms with Gasteiger partial charge in [-0.25, -0.2) is 0 Å². The topological polar surface area (TPSA) is 25.8 Å². The molecule has 0 spiro atoms. The molecular formula is C11H17ClN2. The van der Waals surface area contributed by atoms with Gasteiger partial charge in [-0.2, -0.15) is 10.2 Å². The Morgan fingerprint density at radius 2 is 1.93 bits per heavy atom. The van der Waals surface area contributed by atoms with Gasteiger partial charge in [-0.3, -0.25) is 0 Å². The van der Waals surface area contributed by atoms with E-state index in [1.807, 2.05) is 19.1 Å². The second kappa shape index (κ2) is 4.26. The van der Waals surface area contributed by atoms with Crippen molar-refractivity contribution in [2.75, 3.05) is 0 Å². The summed E-state index contributed by atoms with van der Waals surface area (Å²) in [6.45, 7) is 8.32. The highest BCUT2D eigenvalue weighted by atomic mass is 35.5. The normalized spacial score (nSPS) is 14.1. The van der Waals surface area contributed by atoms with Crippen LogP contribution in [0.4, 0.5) is 0 Å². The number of aryl methyl sites for hydroxylation is 1. The lowest BCUT2D eigenvalue weighted by Gasteiger charge is -2.24. The summed E-state index contributed by atoms with van der Waals surface area (Å²) in [6, 6.07) is 3.96. The quantitative estimate of drug-likeness (QED) is 0.705. The molecule has 0 radical (unpaired) electrons. The SMILES string of the molecule is Cc1ccc(CC(Cl)C(C)(C)C)nn1. The van der Waals surface area contributed by atoms with Crippen molar-refractivity contribution in [3.8, 4) is 0 Å². The summed E-state index contributed by atoms with van der Waals surface area (Å²) in [5.41, 5.74) is 2.01. The molecule has 0 aliphatic carbocycles. The number of hydrogen-bond acceptors (Lipinski definition) is 2. The molecule has 0 aliphatic heterocycles. The Morgan fingerprint density at radius 1 is 1.29 bits per heavy atom. The van der Waals surface area contributed by atoms with Crippen LogP contribution >= 0.6 is 11.6 Å². The van der Waals surface area contributed by atoms with Crippen molar-refractivity contribution in [1.29, 1.82) is 0 Å². The number of aromatic nitrogens is 2. The highest BCUT2D eigenvalue weighted by Gasteiger charge is 2.22. The summed E-state index contributed by atoms with van der Waals surface area (Å²) in [5.74, 6) is 0. The largest absolute Gasteiger partial charge is 0.156 e. The lowest BCUT2D eigenvalue weighted by molar-refractivity contribution is 0.384. The van der Waals surface area contributed by atoms with Crippen molar-refractivity contribution in [3.05, 3.63) is 23.5 Å². The maximum atomic E-state index is 6.26. The standard InChI is InChI=1S/C11H17ClN2/c1-8-5-6-9(14-13-8)7-10(12)11(2,3)4/h5-6,10H,7H2,1-4H3. The average Bonchev–Trinajstić information content (AvgIpc) is 2.07. The van der Waals surface area contributed by atoms with Crippen molar-refractivity contribution >= 4 is 11.6 Å². The van der Waals surface area contributed by atoms with Gasteiger partial charge in [0.15, 0.2) is 0 Å². The Balaban J connectivity index is 2.65. The number of halogens is 1. The van der Waals surface area contributed by atoms with Crippen molar-refractivity contribution < 1.29 is 0 Å². The van der Waals surface area contributed by atoms with Crippen LogP contribution in [0.15, 0.2) is 12.1 Å². The van der Waals surface area contributed by atoms with E-state index in [-0.39, 0.29) is 10.8 Å². The van der Waals surface area contributed by atoms with E-state index in [0.717, 1.165) is 17.8 Å². The molecule has 1 rings (SSSR count).